The van der Waals surface area contributed by atoms with E-state index >= 15 is 0 Å². The van der Waals surface area contributed by atoms with Gasteiger partial charge in [-0.25, -0.2) is 4.79 Å². The summed E-state index contributed by atoms with van der Waals surface area (Å²) in [6, 6.07) is 18.5. The molecule has 0 radical (unpaired) electrons. The van der Waals surface area contributed by atoms with E-state index in [1.165, 1.54) is 0 Å². The first-order valence-electron chi connectivity index (χ1n) is 13.0. The van der Waals surface area contributed by atoms with Crippen molar-refractivity contribution in [1.82, 2.24) is 0 Å². The lowest BCUT2D eigenvalue weighted by molar-refractivity contribution is -0.145. The van der Waals surface area contributed by atoms with Gasteiger partial charge in [0, 0.05) is 12.0 Å². The van der Waals surface area contributed by atoms with Crippen LogP contribution >= 0.6 is 0 Å². The molecule has 0 aliphatic carbocycles. The molecule has 0 bridgehead atoms. The van der Waals surface area contributed by atoms with Crippen LogP contribution in [0.3, 0.4) is 0 Å². The summed E-state index contributed by atoms with van der Waals surface area (Å²) in [5, 5.41) is 9.85. The summed E-state index contributed by atoms with van der Waals surface area (Å²) in [4.78, 5) is 24.6. The molecule has 202 valence electrons. The van der Waals surface area contributed by atoms with Gasteiger partial charge in [0.2, 0.25) is 0 Å². The standard InChI is InChI=1S/C31H37NO6/c1-3-5-6-7-8-12-15-29(33)37-22-20-35-21-23-38-31(34)28(24-32)30(25-13-10-9-11-14-25)26-16-18-27(19-17-26)36-4-2/h3,9-11,13-14,16-19H,1,4-8,12,15,20-23H2,2H3/b30-28+. The highest BCUT2D eigenvalue weighted by Gasteiger charge is 2.20. The van der Waals surface area contributed by atoms with Gasteiger partial charge in [-0.2, -0.15) is 5.26 Å². The molecule has 0 aliphatic rings. The lowest BCUT2D eigenvalue weighted by atomic mass is 9.93. The Morgan fingerprint density at radius 3 is 2.18 bits per heavy atom. The molecule has 38 heavy (non-hydrogen) atoms. The number of unbranched alkanes of at least 4 members (excludes halogenated alkanes) is 4. The Kier molecular flexibility index (Phi) is 14.7. The molecule has 0 saturated carbocycles. The second kappa shape index (κ2) is 18.4. The molecule has 0 amide bonds. The summed E-state index contributed by atoms with van der Waals surface area (Å²) in [6.45, 7) is 6.56. The Labute approximate surface area is 225 Å². The zero-order valence-electron chi connectivity index (χ0n) is 22.2. The van der Waals surface area contributed by atoms with Crippen molar-refractivity contribution in [1.29, 1.82) is 5.26 Å². The van der Waals surface area contributed by atoms with Gasteiger partial charge in [-0.05, 0) is 49.4 Å². The van der Waals surface area contributed by atoms with Crippen LogP contribution in [0.2, 0.25) is 0 Å². The highest BCUT2D eigenvalue weighted by molar-refractivity contribution is 6.05. The third-order valence-corrected chi connectivity index (χ3v) is 5.57. The molecule has 2 aromatic carbocycles. The quantitative estimate of drug-likeness (QED) is 0.0779. The fraction of sp³-hybridized carbons (Fsp3) is 0.387. The first-order valence-corrected chi connectivity index (χ1v) is 13.0. The molecule has 0 aliphatic heterocycles. The van der Waals surface area contributed by atoms with Crippen LogP contribution in [0.25, 0.3) is 5.57 Å². The topological polar surface area (TPSA) is 94.9 Å². The van der Waals surface area contributed by atoms with Crippen LogP contribution in [0.5, 0.6) is 5.75 Å². The van der Waals surface area contributed by atoms with Crippen LogP contribution in [0.15, 0.2) is 72.8 Å². The van der Waals surface area contributed by atoms with Crippen molar-refractivity contribution in [3.05, 3.63) is 84.0 Å². The first-order chi connectivity index (χ1) is 18.6. The maximum atomic E-state index is 12.8. The van der Waals surface area contributed by atoms with Crippen LogP contribution < -0.4 is 4.74 Å². The van der Waals surface area contributed by atoms with E-state index in [0.29, 0.717) is 29.9 Å². The van der Waals surface area contributed by atoms with Crippen molar-refractivity contribution in [3.8, 4) is 11.8 Å². The molecule has 0 spiro atoms. The van der Waals surface area contributed by atoms with Gasteiger partial charge in [0.25, 0.3) is 0 Å². The van der Waals surface area contributed by atoms with E-state index in [9.17, 15) is 14.9 Å². The summed E-state index contributed by atoms with van der Waals surface area (Å²) < 4.78 is 21.4. The Morgan fingerprint density at radius 1 is 0.868 bits per heavy atom. The van der Waals surface area contributed by atoms with Crippen molar-refractivity contribution in [3.63, 3.8) is 0 Å². The maximum absolute atomic E-state index is 12.8. The van der Waals surface area contributed by atoms with Crippen molar-refractivity contribution < 1.29 is 28.5 Å². The Hall–Kier alpha value is -3.89. The predicted molar refractivity (Wildman–Crippen MR) is 146 cm³/mol. The van der Waals surface area contributed by atoms with E-state index in [1.54, 1.807) is 12.1 Å². The molecule has 0 saturated heterocycles. The van der Waals surface area contributed by atoms with Crippen LogP contribution in [0.1, 0.15) is 56.6 Å². The second-order valence-corrected chi connectivity index (χ2v) is 8.40. The molecular weight excluding hydrogens is 482 g/mol. The van der Waals surface area contributed by atoms with Crippen LogP contribution in [0, 0.1) is 11.3 Å². The number of esters is 2. The van der Waals surface area contributed by atoms with E-state index in [2.05, 4.69) is 6.58 Å². The summed E-state index contributed by atoms with van der Waals surface area (Å²) in [5.41, 5.74) is 1.80. The number of hydrogen-bond donors (Lipinski definition) is 0. The molecule has 0 aromatic heterocycles. The van der Waals surface area contributed by atoms with E-state index in [4.69, 9.17) is 18.9 Å². The van der Waals surface area contributed by atoms with Gasteiger partial charge in [-0.3, -0.25) is 4.79 Å². The Balaban J connectivity index is 1.84. The largest absolute Gasteiger partial charge is 0.494 e. The monoisotopic (exact) mass is 519 g/mol. The van der Waals surface area contributed by atoms with Gasteiger partial charge < -0.3 is 18.9 Å². The Bertz CT molecular complexity index is 1070. The second-order valence-electron chi connectivity index (χ2n) is 8.40. The average molecular weight is 520 g/mol. The summed E-state index contributed by atoms with van der Waals surface area (Å²) in [6.07, 6.45) is 7.28. The summed E-state index contributed by atoms with van der Waals surface area (Å²) >= 11 is 0. The van der Waals surface area contributed by atoms with Gasteiger partial charge in [0.05, 0.1) is 19.8 Å². The number of carbonyl (C=O) groups excluding carboxylic acids is 2. The molecule has 2 aromatic rings. The number of benzene rings is 2. The van der Waals surface area contributed by atoms with Crippen LogP contribution in [0.4, 0.5) is 0 Å². The number of nitrogens with zero attached hydrogens (tertiary/aromatic N) is 1. The van der Waals surface area contributed by atoms with Gasteiger partial charge in [0.15, 0.2) is 0 Å². The minimum Gasteiger partial charge on any atom is -0.494 e. The fourth-order valence-electron chi connectivity index (χ4n) is 3.71. The number of ether oxygens (including phenoxy) is 4. The Morgan fingerprint density at radius 2 is 1.53 bits per heavy atom. The zero-order chi connectivity index (χ0) is 27.4. The van der Waals surface area contributed by atoms with Crippen molar-refractivity contribution in [2.45, 2.75) is 45.4 Å². The van der Waals surface area contributed by atoms with Crippen LogP contribution in [-0.4, -0.2) is 45.0 Å². The fourth-order valence-corrected chi connectivity index (χ4v) is 3.71. The molecule has 0 unspecified atom stereocenters. The van der Waals surface area contributed by atoms with Gasteiger partial charge in [-0.1, -0.05) is 61.4 Å². The van der Waals surface area contributed by atoms with E-state index < -0.39 is 5.97 Å². The predicted octanol–water partition coefficient (Wildman–Crippen LogP) is 6.04. The first kappa shape index (κ1) is 30.3. The molecule has 0 heterocycles. The number of rotatable bonds is 18. The zero-order valence-corrected chi connectivity index (χ0v) is 22.2. The SMILES string of the molecule is C=CCCCCCCC(=O)OCCOCCOC(=O)/C(C#N)=C(\c1ccccc1)c1ccc(OCC)cc1. The normalized spacial score (nSPS) is 11.2. The molecule has 7 heteroatoms. The van der Waals surface area contributed by atoms with Gasteiger partial charge in [-0.15, -0.1) is 6.58 Å². The summed E-state index contributed by atoms with van der Waals surface area (Å²) in [5.74, 6) is -0.273. The third kappa shape index (κ3) is 11.0. The number of carbonyl (C=O) groups is 2. The molecular formula is C31H37NO6. The van der Waals surface area contributed by atoms with E-state index in [-0.39, 0.29) is 38.0 Å². The number of nitriles is 1. The highest BCUT2D eigenvalue weighted by Crippen LogP contribution is 2.29. The smallest absolute Gasteiger partial charge is 0.349 e. The van der Waals surface area contributed by atoms with Crippen LogP contribution in [-0.2, 0) is 23.8 Å². The molecule has 0 fully saturated rings. The lowest BCUT2D eigenvalue weighted by Gasteiger charge is -2.13. The lowest BCUT2D eigenvalue weighted by Crippen LogP contribution is -2.16. The molecule has 0 N–H and O–H groups in total. The minimum absolute atomic E-state index is 0.0337. The van der Waals surface area contributed by atoms with Crippen molar-refractivity contribution in [2.24, 2.45) is 0 Å². The van der Waals surface area contributed by atoms with E-state index in [1.807, 2.05) is 61.5 Å². The number of allylic oxidation sites excluding steroid dienone is 1. The molecule has 2 rings (SSSR count). The third-order valence-electron chi connectivity index (χ3n) is 5.57. The van der Waals surface area contributed by atoms with E-state index in [0.717, 1.165) is 37.7 Å². The van der Waals surface area contributed by atoms with Crippen molar-refractivity contribution in [2.75, 3.05) is 33.0 Å². The maximum Gasteiger partial charge on any atom is 0.349 e. The average Bonchev–Trinajstić information content (AvgIpc) is 2.94. The summed E-state index contributed by atoms with van der Waals surface area (Å²) in [7, 11) is 0. The molecule has 7 nitrogen and oxygen atoms in total. The van der Waals surface area contributed by atoms with Gasteiger partial charge in [0.1, 0.15) is 30.6 Å². The van der Waals surface area contributed by atoms with Crippen molar-refractivity contribution >= 4 is 17.5 Å². The molecule has 0 atom stereocenters. The highest BCUT2D eigenvalue weighted by atomic mass is 16.6. The van der Waals surface area contributed by atoms with Gasteiger partial charge >= 0.3 is 11.9 Å². The number of hydrogen-bond acceptors (Lipinski definition) is 7. The minimum atomic E-state index is -0.733.